The van der Waals surface area contributed by atoms with Crippen LogP contribution < -0.4 is 11.1 Å². The van der Waals surface area contributed by atoms with Crippen molar-refractivity contribution in [3.05, 3.63) is 118 Å². The van der Waals surface area contributed by atoms with Crippen LogP contribution in [0.5, 0.6) is 0 Å². The minimum absolute atomic E-state index is 0.0585. The fourth-order valence-electron chi connectivity index (χ4n) is 6.88. The summed E-state index contributed by atoms with van der Waals surface area (Å²) in [6.45, 7) is 4.15. The molecule has 0 aliphatic heterocycles. The number of primary amides is 1. The molecule has 3 N–H and O–H groups in total. The highest BCUT2D eigenvalue weighted by atomic mass is 32.1. The van der Waals surface area contributed by atoms with Crippen LogP contribution in [0.2, 0.25) is 0 Å². The van der Waals surface area contributed by atoms with Gasteiger partial charge in [-0.2, -0.15) is 0 Å². The fourth-order valence-corrected chi connectivity index (χ4v) is 7.59. The molecule has 2 bridgehead atoms. The van der Waals surface area contributed by atoms with Gasteiger partial charge in [-0.1, -0.05) is 72.8 Å². The van der Waals surface area contributed by atoms with E-state index in [-0.39, 0.29) is 17.7 Å². The van der Waals surface area contributed by atoms with Crippen molar-refractivity contribution in [3.8, 4) is 11.3 Å². The number of benzene rings is 4. The van der Waals surface area contributed by atoms with E-state index in [0.29, 0.717) is 17.1 Å². The fraction of sp³-hybridized carbons (Fsp3) is 0.182. The average Bonchev–Trinajstić information content (AvgIpc) is 3.41. The number of carbonyl (C=O) groups excluding carboxylic acids is 2. The second kappa shape index (κ2) is 8.61. The Bertz CT molecular complexity index is 1820. The number of nitrogens with two attached hydrogens (primary N) is 1. The first-order chi connectivity index (χ1) is 18.9. The third-order valence-electron chi connectivity index (χ3n) is 8.67. The summed E-state index contributed by atoms with van der Waals surface area (Å²) >= 11 is 1.44. The van der Waals surface area contributed by atoms with Gasteiger partial charge in [0.05, 0.1) is 11.1 Å². The normalized spacial score (nSPS) is 20.9. The lowest BCUT2D eigenvalue weighted by Gasteiger charge is -2.51. The smallest absolute Gasteiger partial charge is 0.249 e. The van der Waals surface area contributed by atoms with Crippen molar-refractivity contribution in [3.63, 3.8) is 0 Å². The maximum Gasteiger partial charge on any atom is 0.249 e. The number of aryl methyl sites for hydroxylation is 1. The SMILES string of the molecule is Cc1ccc(-c2csc(NC(=O)C3(C)C[C@H]4c5ccccc5[C@@H]3c3cccc(C(N)=O)c34)n2)c2ccccc12. The summed E-state index contributed by atoms with van der Waals surface area (Å²) in [4.78, 5) is 31.3. The molecule has 0 radical (unpaired) electrons. The lowest BCUT2D eigenvalue weighted by Crippen LogP contribution is -2.47. The van der Waals surface area contributed by atoms with Crippen molar-refractivity contribution in [2.24, 2.45) is 11.1 Å². The van der Waals surface area contributed by atoms with Crippen LogP contribution in [0.1, 0.15) is 63.4 Å². The lowest BCUT2D eigenvalue weighted by molar-refractivity contribution is -0.126. The van der Waals surface area contributed by atoms with E-state index in [0.717, 1.165) is 33.3 Å². The number of amides is 2. The van der Waals surface area contributed by atoms with Crippen LogP contribution in [0.15, 0.2) is 84.2 Å². The number of fused-ring (bicyclic) bond motifs is 2. The Morgan fingerprint density at radius 3 is 2.44 bits per heavy atom. The molecular weight excluding hydrogens is 502 g/mol. The molecule has 1 aromatic heterocycles. The molecule has 5 aromatic rings. The predicted molar refractivity (Wildman–Crippen MR) is 156 cm³/mol. The first-order valence-corrected chi connectivity index (χ1v) is 14.0. The zero-order chi connectivity index (χ0) is 26.9. The van der Waals surface area contributed by atoms with Gasteiger partial charge in [-0.3, -0.25) is 9.59 Å². The average molecular weight is 530 g/mol. The summed E-state index contributed by atoms with van der Waals surface area (Å²) in [5.41, 5.74) is 13.1. The summed E-state index contributed by atoms with van der Waals surface area (Å²) < 4.78 is 0. The Balaban J connectivity index is 1.26. The molecule has 0 saturated carbocycles. The van der Waals surface area contributed by atoms with Gasteiger partial charge in [-0.05, 0) is 64.9 Å². The summed E-state index contributed by atoms with van der Waals surface area (Å²) in [5, 5.41) is 8.10. The Morgan fingerprint density at radius 1 is 0.923 bits per heavy atom. The van der Waals surface area contributed by atoms with Crippen molar-refractivity contribution < 1.29 is 9.59 Å². The molecule has 8 rings (SSSR count). The molecule has 1 heterocycles. The molecule has 192 valence electrons. The number of rotatable bonds is 4. The first-order valence-electron chi connectivity index (χ1n) is 13.1. The molecule has 3 aliphatic carbocycles. The number of thiazole rings is 1. The van der Waals surface area contributed by atoms with E-state index in [2.05, 4.69) is 48.6 Å². The van der Waals surface area contributed by atoms with Gasteiger partial charge < -0.3 is 11.1 Å². The Hall–Kier alpha value is -4.29. The van der Waals surface area contributed by atoms with E-state index < -0.39 is 11.3 Å². The second-order valence-electron chi connectivity index (χ2n) is 10.9. The summed E-state index contributed by atoms with van der Waals surface area (Å²) in [5.74, 6) is -0.751. The Kier molecular flexibility index (Phi) is 5.26. The van der Waals surface area contributed by atoms with Gasteiger partial charge in [0.1, 0.15) is 0 Å². The van der Waals surface area contributed by atoms with E-state index in [1.807, 2.05) is 48.7 Å². The largest absolute Gasteiger partial charge is 0.366 e. The molecule has 5 nitrogen and oxygen atoms in total. The molecule has 0 fully saturated rings. The number of nitrogens with zero attached hydrogens (tertiary/aromatic N) is 1. The number of carbonyl (C=O) groups is 2. The van der Waals surface area contributed by atoms with E-state index in [9.17, 15) is 9.59 Å². The Morgan fingerprint density at radius 2 is 1.64 bits per heavy atom. The minimum Gasteiger partial charge on any atom is -0.366 e. The highest BCUT2D eigenvalue weighted by molar-refractivity contribution is 7.14. The van der Waals surface area contributed by atoms with E-state index in [1.165, 1.54) is 27.8 Å². The van der Waals surface area contributed by atoms with Gasteiger partial charge in [0.25, 0.3) is 0 Å². The second-order valence-corrected chi connectivity index (χ2v) is 11.7. The highest BCUT2D eigenvalue weighted by Gasteiger charge is 2.54. The summed E-state index contributed by atoms with van der Waals surface area (Å²) in [6.07, 6.45) is 0.596. The highest BCUT2D eigenvalue weighted by Crippen LogP contribution is 2.61. The van der Waals surface area contributed by atoms with Crippen molar-refractivity contribution in [2.75, 3.05) is 5.32 Å². The maximum atomic E-state index is 14.1. The monoisotopic (exact) mass is 529 g/mol. The number of hydrogen-bond acceptors (Lipinski definition) is 4. The molecule has 6 heteroatoms. The maximum absolute atomic E-state index is 14.1. The van der Waals surface area contributed by atoms with Gasteiger partial charge in [0, 0.05) is 28.3 Å². The third-order valence-corrected chi connectivity index (χ3v) is 9.43. The number of aromatic nitrogens is 1. The quantitative estimate of drug-likeness (QED) is 0.263. The molecule has 0 saturated heterocycles. The van der Waals surface area contributed by atoms with Gasteiger partial charge in [-0.15, -0.1) is 11.3 Å². The standard InChI is InChI=1S/C33H27N3O2S/c1-18-14-15-22(20-9-4-3-8-19(18)20)27-17-39-32(35-27)36-31(38)33(2)16-26-21-10-5-6-11-23(21)29(33)24-12-7-13-25(28(24)26)30(34)37/h3-15,17,26,29H,16H2,1-2H3,(H2,34,37)(H,35,36,38)/t26-,29+,33?/m0/s1. The van der Waals surface area contributed by atoms with Gasteiger partial charge >= 0.3 is 0 Å². The summed E-state index contributed by atoms with van der Waals surface area (Å²) in [6, 6.07) is 26.5. The van der Waals surface area contributed by atoms with Crippen LogP contribution in [0, 0.1) is 12.3 Å². The third kappa shape index (κ3) is 3.48. The molecule has 39 heavy (non-hydrogen) atoms. The van der Waals surface area contributed by atoms with E-state index in [1.54, 1.807) is 6.07 Å². The topological polar surface area (TPSA) is 85.1 Å². The number of anilines is 1. The molecule has 4 aromatic carbocycles. The molecule has 3 atom stereocenters. The van der Waals surface area contributed by atoms with Gasteiger partial charge in [0.15, 0.2) is 5.13 Å². The van der Waals surface area contributed by atoms with Crippen molar-refractivity contribution in [1.29, 1.82) is 0 Å². The van der Waals surface area contributed by atoms with Crippen LogP contribution in [-0.4, -0.2) is 16.8 Å². The van der Waals surface area contributed by atoms with Crippen LogP contribution in [0.3, 0.4) is 0 Å². The first kappa shape index (κ1) is 23.8. The van der Waals surface area contributed by atoms with Crippen LogP contribution in [0.25, 0.3) is 22.0 Å². The molecule has 2 amide bonds. The summed E-state index contributed by atoms with van der Waals surface area (Å²) in [7, 11) is 0. The number of hydrogen-bond donors (Lipinski definition) is 2. The van der Waals surface area contributed by atoms with Gasteiger partial charge in [-0.25, -0.2) is 4.98 Å². The van der Waals surface area contributed by atoms with E-state index >= 15 is 0 Å². The minimum atomic E-state index is -0.718. The lowest BCUT2D eigenvalue weighted by atomic mass is 9.52. The molecule has 0 spiro atoms. The zero-order valence-electron chi connectivity index (χ0n) is 21.7. The van der Waals surface area contributed by atoms with Crippen LogP contribution in [0.4, 0.5) is 5.13 Å². The van der Waals surface area contributed by atoms with Crippen LogP contribution in [-0.2, 0) is 4.79 Å². The zero-order valence-corrected chi connectivity index (χ0v) is 22.5. The van der Waals surface area contributed by atoms with Gasteiger partial charge in [0.2, 0.25) is 11.8 Å². The Labute approximate surface area is 230 Å². The van der Waals surface area contributed by atoms with Crippen molar-refractivity contribution in [2.45, 2.75) is 32.1 Å². The molecular formula is C33H27N3O2S. The van der Waals surface area contributed by atoms with Crippen molar-refractivity contribution >= 4 is 39.1 Å². The molecule has 1 unspecified atom stereocenters. The number of nitrogens with one attached hydrogen (secondary N) is 1. The predicted octanol–water partition coefficient (Wildman–Crippen LogP) is 7.00. The molecule has 3 aliphatic rings. The van der Waals surface area contributed by atoms with Crippen LogP contribution >= 0.6 is 11.3 Å². The van der Waals surface area contributed by atoms with E-state index in [4.69, 9.17) is 10.7 Å². The van der Waals surface area contributed by atoms with Crippen molar-refractivity contribution in [1.82, 2.24) is 4.98 Å².